The number of nitrogens with zero attached hydrogens (tertiary/aromatic N) is 5. The van der Waals surface area contributed by atoms with Gasteiger partial charge in [-0.05, 0) is 44.4 Å². The zero-order valence-corrected chi connectivity index (χ0v) is 22.2. The number of halogens is 1. The molecule has 0 atom stereocenters. The number of aryl methyl sites for hydroxylation is 1. The second-order valence-electron chi connectivity index (χ2n) is 8.43. The third-order valence-corrected chi connectivity index (χ3v) is 5.72. The molecule has 0 radical (unpaired) electrons. The monoisotopic (exact) mass is 575 g/mol. The molecule has 34 heavy (non-hydrogen) atoms. The van der Waals surface area contributed by atoms with E-state index < -0.39 is 0 Å². The summed E-state index contributed by atoms with van der Waals surface area (Å²) >= 11 is 0. The predicted molar refractivity (Wildman–Crippen MR) is 145 cm³/mol. The maximum Gasteiger partial charge on any atom is 0.276 e. The van der Waals surface area contributed by atoms with E-state index in [9.17, 15) is 0 Å². The highest BCUT2D eigenvalue weighted by molar-refractivity contribution is 14.0. The van der Waals surface area contributed by atoms with Crippen LogP contribution >= 0.6 is 24.0 Å². The molecule has 1 aliphatic heterocycles. The van der Waals surface area contributed by atoms with Crippen LogP contribution in [-0.2, 0) is 13.0 Å². The highest BCUT2D eigenvalue weighted by Gasteiger charge is 2.20. The molecule has 0 unspecified atom stereocenters. The lowest BCUT2D eigenvalue weighted by molar-refractivity contribution is 0.198. The molecule has 3 heterocycles. The van der Waals surface area contributed by atoms with Crippen LogP contribution in [0.25, 0.3) is 11.6 Å². The van der Waals surface area contributed by atoms with Crippen molar-refractivity contribution in [2.45, 2.75) is 45.7 Å². The van der Waals surface area contributed by atoms with Crippen LogP contribution in [0.15, 0.2) is 58.2 Å². The van der Waals surface area contributed by atoms with Gasteiger partial charge >= 0.3 is 0 Å². The van der Waals surface area contributed by atoms with Gasteiger partial charge in [-0.3, -0.25) is 14.9 Å². The molecule has 9 heteroatoms. The third kappa shape index (κ3) is 7.76. The Labute approximate surface area is 218 Å². The zero-order chi connectivity index (χ0) is 22.9. The van der Waals surface area contributed by atoms with Gasteiger partial charge in [-0.15, -0.1) is 24.0 Å². The van der Waals surface area contributed by atoms with Gasteiger partial charge in [-0.2, -0.15) is 4.98 Å². The fourth-order valence-corrected chi connectivity index (χ4v) is 4.03. The van der Waals surface area contributed by atoms with Crippen molar-refractivity contribution < 1.29 is 4.52 Å². The number of hydrogen-bond acceptors (Lipinski definition) is 6. The van der Waals surface area contributed by atoms with E-state index in [1.807, 2.05) is 18.2 Å². The van der Waals surface area contributed by atoms with Crippen molar-refractivity contribution >= 4 is 29.9 Å². The molecule has 1 fully saturated rings. The van der Waals surface area contributed by atoms with Crippen molar-refractivity contribution in [1.29, 1.82) is 0 Å². The number of guanidine groups is 1. The topological polar surface area (TPSA) is 91.5 Å². The van der Waals surface area contributed by atoms with Crippen molar-refractivity contribution in [3.05, 3.63) is 65.6 Å². The lowest BCUT2D eigenvalue weighted by atomic mass is 10.0. The standard InChI is InChI=1S/C25H33N7O.HI/c1-3-26-25(28-14-10-23-30-24(33-31-23)22-9-4-5-13-27-22)29-21-11-15-32(16-12-21)18-20-8-6-7-19(2)17-20;/h4-9,13,17,21H,3,10-12,14-16,18H2,1-2H3,(H2,26,28,29);1H. The molecule has 1 aliphatic rings. The van der Waals surface area contributed by atoms with Gasteiger partial charge < -0.3 is 15.2 Å². The summed E-state index contributed by atoms with van der Waals surface area (Å²) in [6, 6.07) is 14.8. The molecule has 3 aromatic rings. The van der Waals surface area contributed by atoms with Crippen molar-refractivity contribution in [3.8, 4) is 11.6 Å². The number of likely N-dealkylation sites (tertiary alicyclic amines) is 1. The third-order valence-electron chi connectivity index (χ3n) is 5.72. The number of hydrogen-bond donors (Lipinski definition) is 2. The van der Waals surface area contributed by atoms with Crippen molar-refractivity contribution in [1.82, 2.24) is 30.7 Å². The van der Waals surface area contributed by atoms with Gasteiger partial charge in [-0.1, -0.05) is 41.1 Å². The largest absolute Gasteiger partial charge is 0.357 e. The molecule has 2 aromatic heterocycles. The zero-order valence-electron chi connectivity index (χ0n) is 19.9. The predicted octanol–water partition coefficient (Wildman–Crippen LogP) is 3.82. The van der Waals surface area contributed by atoms with Gasteiger partial charge in [0.2, 0.25) is 0 Å². The van der Waals surface area contributed by atoms with Gasteiger partial charge in [0.15, 0.2) is 11.8 Å². The van der Waals surface area contributed by atoms with Crippen LogP contribution in [0.1, 0.15) is 36.7 Å². The summed E-state index contributed by atoms with van der Waals surface area (Å²) in [5, 5.41) is 11.0. The summed E-state index contributed by atoms with van der Waals surface area (Å²) in [6.45, 7) is 8.84. The molecule has 1 saturated heterocycles. The molecule has 8 nitrogen and oxygen atoms in total. The molecular weight excluding hydrogens is 541 g/mol. The van der Waals surface area contributed by atoms with Gasteiger partial charge in [0, 0.05) is 51.4 Å². The number of pyridine rings is 1. The highest BCUT2D eigenvalue weighted by Crippen LogP contribution is 2.15. The molecule has 0 amide bonds. The Hall–Kier alpha value is -2.53. The van der Waals surface area contributed by atoms with E-state index in [1.165, 1.54) is 11.1 Å². The van der Waals surface area contributed by atoms with Gasteiger partial charge in [-0.25, -0.2) is 0 Å². The Morgan fingerprint density at radius 3 is 2.76 bits per heavy atom. The second-order valence-corrected chi connectivity index (χ2v) is 8.43. The number of piperidine rings is 1. The van der Waals surface area contributed by atoms with Crippen LogP contribution < -0.4 is 10.6 Å². The number of aliphatic imine (C=N–C) groups is 1. The van der Waals surface area contributed by atoms with Crippen LogP contribution in [0, 0.1) is 6.92 Å². The summed E-state index contributed by atoms with van der Waals surface area (Å²) in [5.41, 5.74) is 3.40. The second kappa shape index (κ2) is 13.4. The van der Waals surface area contributed by atoms with Crippen LogP contribution in [-0.4, -0.2) is 58.2 Å². The first-order valence-electron chi connectivity index (χ1n) is 11.8. The Balaban J connectivity index is 0.00000324. The summed E-state index contributed by atoms with van der Waals surface area (Å²) in [4.78, 5) is 15.9. The molecule has 0 aliphatic carbocycles. The van der Waals surface area contributed by atoms with Gasteiger partial charge in [0.1, 0.15) is 5.69 Å². The van der Waals surface area contributed by atoms with Gasteiger partial charge in [0.25, 0.3) is 5.89 Å². The Morgan fingerprint density at radius 2 is 2.03 bits per heavy atom. The van der Waals surface area contributed by atoms with E-state index in [0.717, 1.165) is 45.0 Å². The number of rotatable bonds is 8. The fourth-order valence-electron chi connectivity index (χ4n) is 4.03. The molecule has 2 N–H and O–H groups in total. The SMILES string of the molecule is CCNC(=NCCc1noc(-c2ccccn2)n1)NC1CCN(Cc2cccc(C)c2)CC1.I. The number of aromatic nitrogens is 3. The molecule has 1 aromatic carbocycles. The minimum atomic E-state index is 0. The summed E-state index contributed by atoms with van der Waals surface area (Å²) in [5.74, 6) is 1.93. The minimum Gasteiger partial charge on any atom is -0.357 e. The fraction of sp³-hybridized carbons (Fsp3) is 0.440. The quantitative estimate of drug-likeness (QED) is 0.240. The van der Waals surface area contributed by atoms with E-state index >= 15 is 0 Å². The number of benzene rings is 1. The average Bonchev–Trinajstić information content (AvgIpc) is 3.30. The lowest BCUT2D eigenvalue weighted by Crippen LogP contribution is -2.48. The Bertz CT molecular complexity index is 1030. The van der Waals surface area contributed by atoms with Crippen molar-refractivity contribution in [2.24, 2.45) is 4.99 Å². The molecule has 4 rings (SSSR count). The molecule has 0 saturated carbocycles. The Morgan fingerprint density at radius 1 is 1.18 bits per heavy atom. The molecule has 0 spiro atoms. The first kappa shape index (κ1) is 26.1. The van der Waals surface area contributed by atoms with E-state index in [1.54, 1.807) is 6.20 Å². The van der Waals surface area contributed by atoms with E-state index in [4.69, 9.17) is 9.52 Å². The summed E-state index contributed by atoms with van der Waals surface area (Å²) in [7, 11) is 0. The normalized spacial score (nSPS) is 15.1. The van der Waals surface area contributed by atoms with Crippen LogP contribution in [0.5, 0.6) is 0 Å². The molecule has 182 valence electrons. The van der Waals surface area contributed by atoms with Crippen molar-refractivity contribution in [3.63, 3.8) is 0 Å². The lowest BCUT2D eigenvalue weighted by Gasteiger charge is -2.33. The number of nitrogens with one attached hydrogen (secondary N) is 2. The smallest absolute Gasteiger partial charge is 0.276 e. The van der Waals surface area contributed by atoms with Crippen LogP contribution in [0.2, 0.25) is 0 Å². The summed E-state index contributed by atoms with van der Waals surface area (Å²) < 4.78 is 5.33. The van der Waals surface area contributed by atoms with E-state index in [-0.39, 0.29) is 24.0 Å². The van der Waals surface area contributed by atoms with E-state index in [0.29, 0.717) is 36.4 Å². The van der Waals surface area contributed by atoms with Crippen LogP contribution in [0.4, 0.5) is 0 Å². The van der Waals surface area contributed by atoms with E-state index in [2.05, 4.69) is 68.8 Å². The van der Waals surface area contributed by atoms with Crippen molar-refractivity contribution in [2.75, 3.05) is 26.2 Å². The molecular formula is C25H34IN7O. The molecule has 0 bridgehead atoms. The maximum atomic E-state index is 5.33. The minimum absolute atomic E-state index is 0. The Kier molecular flexibility index (Phi) is 10.3. The average molecular weight is 575 g/mol. The highest BCUT2D eigenvalue weighted by atomic mass is 127. The first-order chi connectivity index (χ1) is 16.2. The first-order valence-corrected chi connectivity index (χ1v) is 11.8. The van der Waals surface area contributed by atoms with Gasteiger partial charge in [0.05, 0.1) is 0 Å². The van der Waals surface area contributed by atoms with Crippen LogP contribution in [0.3, 0.4) is 0 Å². The summed E-state index contributed by atoms with van der Waals surface area (Å²) in [6.07, 6.45) is 4.54. The maximum absolute atomic E-state index is 5.33.